The number of H-pyrrole nitrogens is 1. The lowest BCUT2D eigenvalue weighted by atomic mass is 10.2. The maximum atomic E-state index is 13.2. The average Bonchev–Trinajstić information content (AvgIpc) is 2.73. The van der Waals surface area contributed by atoms with Gasteiger partial charge in [0.1, 0.15) is 5.82 Å². The lowest BCUT2D eigenvalue weighted by Crippen LogP contribution is -2.14. The normalized spacial score (nSPS) is 10.4. The number of nitrogens with zero attached hydrogens (tertiary/aromatic N) is 2. The van der Waals surface area contributed by atoms with E-state index in [1.807, 2.05) is 0 Å². The minimum atomic E-state index is -0.499. The number of halogens is 2. The van der Waals surface area contributed by atoms with E-state index >= 15 is 0 Å². The van der Waals surface area contributed by atoms with E-state index < -0.39 is 11.7 Å². The molecule has 0 atom stereocenters. The number of nitrogens with two attached hydrogens (primary N) is 1. The summed E-state index contributed by atoms with van der Waals surface area (Å²) in [6.07, 6.45) is 0. The van der Waals surface area contributed by atoms with Crippen LogP contribution in [0.5, 0.6) is 0 Å². The first-order valence-electron chi connectivity index (χ1n) is 4.92. The van der Waals surface area contributed by atoms with E-state index in [4.69, 9.17) is 5.73 Å². The molecule has 0 saturated heterocycles. The highest BCUT2D eigenvalue weighted by Gasteiger charge is 2.13. The number of carbonyl (C=O) groups is 1. The molecule has 4 N–H and O–H groups in total. The van der Waals surface area contributed by atoms with Crippen molar-refractivity contribution in [3.8, 4) is 0 Å². The van der Waals surface area contributed by atoms with Crippen LogP contribution in [0.1, 0.15) is 16.2 Å². The SMILES string of the molecule is Cc1cc(F)c(Br)cc1NC(=O)c1nc(N)n[nH]1. The number of nitrogen functional groups attached to an aromatic ring is 1. The van der Waals surface area contributed by atoms with Crippen LogP contribution in [0, 0.1) is 12.7 Å². The van der Waals surface area contributed by atoms with Gasteiger partial charge >= 0.3 is 0 Å². The first kappa shape index (κ1) is 12.5. The first-order chi connectivity index (χ1) is 8.47. The van der Waals surface area contributed by atoms with Gasteiger partial charge in [-0.25, -0.2) is 4.39 Å². The number of aromatic amines is 1. The van der Waals surface area contributed by atoms with Crippen molar-refractivity contribution in [1.82, 2.24) is 15.2 Å². The zero-order chi connectivity index (χ0) is 13.3. The Labute approximate surface area is 110 Å². The fraction of sp³-hybridized carbons (Fsp3) is 0.100. The molecule has 1 heterocycles. The molecule has 0 spiro atoms. The summed E-state index contributed by atoms with van der Waals surface area (Å²) in [5, 5.41) is 8.51. The van der Waals surface area contributed by atoms with Crippen molar-refractivity contribution in [3.05, 3.63) is 33.8 Å². The summed E-state index contributed by atoms with van der Waals surface area (Å²) in [7, 11) is 0. The maximum Gasteiger partial charge on any atom is 0.293 e. The highest BCUT2D eigenvalue weighted by molar-refractivity contribution is 9.10. The van der Waals surface area contributed by atoms with Gasteiger partial charge in [-0.2, -0.15) is 4.98 Å². The molecule has 0 fully saturated rings. The smallest absolute Gasteiger partial charge is 0.293 e. The van der Waals surface area contributed by atoms with Crippen LogP contribution in [-0.2, 0) is 0 Å². The molecule has 2 aromatic rings. The molecule has 0 aliphatic rings. The third kappa shape index (κ3) is 2.48. The molecule has 0 bridgehead atoms. The molecule has 0 aliphatic heterocycles. The van der Waals surface area contributed by atoms with Gasteiger partial charge in [-0.1, -0.05) is 0 Å². The number of aryl methyl sites for hydroxylation is 1. The number of rotatable bonds is 2. The van der Waals surface area contributed by atoms with Gasteiger partial charge in [-0.05, 0) is 40.5 Å². The zero-order valence-electron chi connectivity index (χ0n) is 9.29. The number of hydrogen-bond acceptors (Lipinski definition) is 4. The fourth-order valence-corrected chi connectivity index (χ4v) is 1.68. The molecule has 0 aliphatic carbocycles. The van der Waals surface area contributed by atoms with Crippen LogP contribution in [-0.4, -0.2) is 21.1 Å². The Bertz CT molecular complexity index is 612. The minimum absolute atomic E-state index is 0.00709. The van der Waals surface area contributed by atoms with Crippen molar-refractivity contribution in [2.45, 2.75) is 6.92 Å². The highest BCUT2D eigenvalue weighted by atomic mass is 79.9. The van der Waals surface area contributed by atoms with E-state index in [9.17, 15) is 9.18 Å². The predicted octanol–water partition coefficient (Wildman–Crippen LogP) is 1.85. The molecule has 6 nitrogen and oxygen atoms in total. The Morgan fingerprint density at radius 1 is 1.56 bits per heavy atom. The molecule has 0 unspecified atom stereocenters. The van der Waals surface area contributed by atoms with Gasteiger partial charge < -0.3 is 11.1 Å². The number of benzene rings is 1. The lowest BCUT2D eigenvalue weighted by molar-refractivity contribution is 0.101. The van der Waals surface area contributed by atoms with Crippen molar-refractivity contribution in [2.24, 2.45) is 0 Å². The monoisotopic (exact) mass is 313 g/mol. The van der Waals surface area contributed by atoms with Crippen molar-refractivity contribution >= 4 is 33.5 Å². The van der Waals surface area contributed by atoms with E-state index in [1.165, 1.54) is 12.1 Å². The standard InChI is InChI=1S/C10H9BrFN5O/c1-4-2-6(12)5(11)3-7(4)14-9(18)8-15-10(13)17-16-8/h2-3H,1H3,(H,14,18)(H3,13,15,16,17). The highest BCUT2D eigenvalue weighted by Crippen LogP contribution is 2.24. The molecule has 1 amide bonds. The van der Waals surface area contributed by atoms with Crippen LogP contribution in [0.4, 0.5) is 16.0 Å². The van der Waals surface area contributed by atoms with Gasteiger partial charge in [-0.3, -0.25) is 9.89 Å². The molecule has 18 heavy (non-hydrogen) atoms. The summed E-state index contributed by atoms with van der Waals surface area (Å²) < 4.78 is 13.5. The fourth-order valence-electron chi connectivity index (χ4n) is 1.34. The van der Waals surface area contributed by atoms with Crippen LogP contribution in [0.25, 0.3) is 0 Å². The van der Waals surface area contributed by atoms with Gasteiger partial charge in [0, 0.05) is 5.69 Å². The Kier molecular flexibility index (Phi) is 3.28. The molecule has 1 aromatic carbocycles. The number of amides is 1. The molecule has 0 saturated carbocycles. The van der Waals surface area contributed by atoms with Crippen LogP contribution < -0.4 is 11.1 Å². The molecular weight excluding hydrogens is 305 g/mol. The third-order valence-corrected chi connectivity index (χ3v) is 2.84. The Balaban J connectivity index is 2.24. The van der Waals surface area contributed by atoms with E-state index in [2.05, 4.69) is 36.4 Å². The third-order valence-electron chi connectivity index (χ3n) is 2.23. The Morgan fingerprint density at radius 3 is 2.89 bits per heavy atom. The van der Waals surface area contributed by atoms with Gasteiger partial charge in [0.2, 0.25) is 11.8 Å². The molecule has 94 valence electrons. The van der Waals surface area contributed by atoms with Gasteiger partial charge in [0.25, 0.3) is 5.91 Å². The maximum absolute atomic E-state index is 13.2. The van der Waals surface area contributed by atoms with Gasteiger partial charge in [0.15, 0.2) is 0 Å². The number of carbonyl (C=O) groups excluding carboxylic acids is 1. The number of nitrogens with one attached hydrogen (secondary N) is 2. The predicted molar refractivity (Wildman–Crippen MR) is 67.6 cm³/mol. The summed E-state index contributed by atoms with van der Waals surface area (Å²) in [5.74, 6) is -0.917. The Morgan fingerprint density at radius 2 is 2.28 bits per heavy atom. The van der Waals surface area contributed by atoms with E-state index in [0.717, 1.165) is 0 Å². The molecular formula is C10H9BrFN5O. The van der Waals surface area contributed by atoms with Crippen LogP contribution in [0.3, 0.4) is 0 Å². The topological polar surface area (TPSA) is 96.7 Å². The molecule has 2 rings (SSSR count). The summed E-state index contributed by atoms with van der Waals surface area (Å²) in [5.41, 5.74) is 6.36. The first-order valence-corrected chi connectivity index (χ1v) is 5.71. The summed E-state index contributed by atoms with van der Waals surface area (Å²) in [4.78, 5) is 15.5. The lowest BCUT2D eigenvalue weighted by Gasteiger charge is -2.08. The van der Waals surface area contributed by atoms with E-state index in [1.54, 1.807) is 6.92 Å². The summed E-state index contributed by atoms with van der Waals surface area (Å²) >= 11 is 3.05. The minimum Gasteiger partial charge on any atom is -0.366 e. The van der Waals surface area contributed by atoms with Crippen LogP contribution in [0.2, 0.25) is 0 Å². The molecule has 8 heteroatoms. The molecule has 0 radical (unpaired) electrons. The largest absolute Gasteiger partial charge is 0.366 e. The second-order valence-electron chi connectivity index (χ2n) is 3.58. The second kappa shape index (κ2) is 4.73. The number of aromatic nitrogens is 3. The van der Waals surface area contributed by atoms with Crippen molar-refractivity contribution < 1.29 is 9.18 Å². The van der Waals surface area contributed by atoms with Crippen LogP contribution in [0.15, 0.2) is 16.6 Å². The van der Waals surface area contributed by atoms with Gasteiger partial charge in [0.05, 0.1) is 4.47 Å². The van der Waals surface area contributed by atoms with Crippen LogP contribution >= 0.6 is 15.9 Å². The van der Waals surface area contributed by atoms with Crippen molar-refractivity contribution in [3.63, 3.8) is 0 Å². The zero-order valence-corrected chi connectivity index (χ0v) is 10.9. The quantitative estimate of drug-likeness (QED) is 0.788. The number of hydrogen-bond donors (Lipinski definition) is 3. The average molecular weight is 314 g/mol. The summed E-state index contributed by atoms with van der Waals surface area (Å²) in [6, 6.07) is 2.79. The van der Waals surface area contributed by atoms with Crippen molar-refractivity contribution in [1.29, 1.82) is 0 Å². The second-order valence-corrected chi connectivity index (χ2v) is 4.43. The van der Waals surface area contributed by atoms with E-state index in [0.29, 0.717) is 11.3 Å². The Hall–Kier alpha value is -1.96. The summed E-state index contributed by atoms with van der Waals surface area (Å²) in [6.45, 7) is 1.68. The van der Waals surface area contributed by atoms with Gasteiger partial charge in [-0.15, -0.1) is 5.10 Å². The molecule has 1 aromatic heterocycles. The van der Waals surface area contributed by atoms with E-state index in [-0.39, 0.29) is 16.2 Å². The number of anilines is 2. The van der Waals surface area contributed by atoms with Crippen molar-refractivity contribution in [2.75, 3.05) is 11.1 Å².